The third-order valence-electron chi connectivity index (χ3n) is 3.32. The second kappa shape index (κ2) is 4.36. The molecule has 0 bridgehead atoms. The molecule has 0 aromatic heterocycles. The lowest BCUT2D eigenvalue weighted by Crippen LogP contribution is -2.03. The summed E-state index contributed by atoms with van der Waals surface area (Å²) in [6.07, 6.45) is 4.27. The Morgan fingerprint density at radius 3 is 2.33 bits per heavy atom. The fourth-order valence-corrected chi connectivity index (χ4v) is 2.75. The molecule has 15 heavy (non-hydrogen) atoms. The zero-order chi connectivity index (χ0) is 10.8. The predicted molar refractivity (Wildman–Crippen MR) is 63.0 cm³/mol. The molecule has 0 heterocycles. The van der Waals surface area contributed by atoms with Crippen LogP contribution in [0.25, 0.3) is 0 Å². The van der Waals surface area contributed by atoms with Gasteiger partial charge < -0.3 is 5.11 Å². The maximum absolute atomic E-state index is 9.49. The second-order valence-corrected chi connectivity index (χ2v) is 5.03. The van der Waals surface area contributed by atoms with E-state index in [1.165, 1.54) is 23.1 Å². The van der Waals surface area contributed by atoms with Gasteiger partial charge in [-0.3, -0.25) is 0 Å². The molecule has 82 valence electrons. The topological polar surface area (TPSA) is 20.2 Å². The van der Waals surface area contributed by atoms with Crippen LogP contribution < -0.4 is 0 Å². The predicted octanol–water partition coefficient (Wildman–Crippen LogP) is 3.01. The van der Waals surface area contributed by atoms with E-state index in [1.807, 2.05) is 0 Å². The van der Waals surface area contributed by atoms with E-state index in [2.05, 4.69) is 32.0 Å². The van der Waals surface area contributed by atoms with E-state index in [9.17, 15) is 5.11 Å². The zero-order valence-corrected chi connectivity index (χ0v) is 9.66. The van der Waals surface area contributed by atoms with Gasteiger partial charge in [0.25, 0.3) is 0 Å². The van der Waals surface area contributed by atoms with E-state index in [0.717, 1.165) is 19.3 Å². The summed E-state index contributed by atoms with van der Waals surface area (Å²) >= 11 is 0. The van der Waals surface area contributed by atoms with Gasteiger partial charge in [-0.05, 0) is 51.0 Å². The molecule has 1 saturated carbocycles. The van der Waals surface area contributed by atoms with Crippen molar-refractivity contribution >= 4 is 0 Å². The molecule has 1 heteroatoms. The summed E-state index contributed by atoms with van der Waals surface area (Å²) in [7, 11) is 0. The third-order valence-corrected chi connectivity index (χ3v) is 3.32. The highest BCUT2D eigenvalue weighted by Crippen LogP contribution is 2.28. The third kappa shape index (κ3) is 2.82. The minimum absolute atomic E-state index is 0.0408. The minimum Gasteiger partial charge on any atom is -0.393 e. The number of rotatable bonds is 2. The van der Waals surface area contributed by atoms with Crippen LogP contribution in [0.3, 0.4) is 0 Å². The van der Waals surface area contributed by atoms with Crippen LogP contribution in [0, 0.1) is 19.8 Å². The standard InChI is InChI=1S/C14H20O/c1-10-5-11(2)7-13(6-10)8-12-3-4-14(15)9-12/h5-7,12,14-15H,3-4,8-9H2,1-2H3. The molecule has 0 saturated heterocycles. The van der Waals surface area contributed by atoms with E-state index < -0.39 is 0 Å². The average molecular weight is 204 g/mol. The first-order chi connectivity index (χ1) is 7.13. The second-order valence-electron chi connectivity index (χ2n) is 5.03. The lowest BCUT2D eigenvalue weighted by Gasteiger charge is -2.10. The molecule has 1 N–H and O–H groups in total. The molecular weight excluding hydrogens is 184 g/mol. The SMILES string of the molecule is Cc1cc(C)cc(CC2CCC(O)C2)c1. The first-order valence-corrected chi connectivity index (χ1v) is 5.89. The van der Waals surface area contributed by atoms with Crippen molar-refractivity contribution in [3.63, 3.8) is 0 Å². The molecule has 0 aliphatic heterocycles. The Balaban J connectivity index is 2.04. The summed E-state index contributed by atoms with van der Waals surface area (Å²) in [5.74, 6) is 0.696. The highest BCUT2D eigenvalue weighted by molar-refractivity contribution is 5.28. The van der Waals surface area contributed by atoms with Gasteiger partial charge in [-0.15, -0.1) is 0 Å². The van der Waals surface area contributed by atoms with Crippen molar-refractivity contribution in [3.8, 4) is 0 Å². The molecule has 2 rings (SSSR count). The Morgan fingerprint density at radius 1 is 1.13 bits per heavy atom. The Bertz CT molecular complexity index is 323. The summed E-state index contributed by atoms with van der Waals surface area (Å²) in [4.78, 5) is 0. The molecule has 1 aromatic rings. The first-order valence-electron chi connectivity index (χ1n) is 5.89. The quantitative estimate of drug-likeness (QED) is 0.785. The summed E-state index contributed by atoms with van der Waals surface area (Å²) in [6.45, 7) is 4.31. The van der Waals surface area contributed by atoms with Crippen molar-refractivity contribution in [2.45, 2.75) is 45.6 Å². The van der Waals surface area contributed by atoms with Crippen molar-refractivity contribution in [2.75, 3.05) is 0 Å². The number of hydrogen-bond acceptors (Lipinski definition) is 1. The highest BCUT2D eigenvalue weighted by atomic mass is 16.3. The molecule has 2 unspecified atom stereocenters. The molecule has 1 aromatic carbocycles. The van der Waals surface area contributed by atoms with Gasteiger partial charge in [-0.2, -0.15) is 0 Å². The first kappa shape index (κ1) is 10.7. The lowest BCUT2D eigenvalue weighted by molar-refractivity contribution is 0.177. The van der Waals surface area contributed by atoms with Crippen molar-refractivity contribution in [3.05, 3.63) is 34.9 Å². The number of aryl methyl sites for hydroxylation is 2. The van der Waals surface area contributed by atoms with Crippen LogP contribution >= 0.6 is 0 Å². The fraction of sp³-hybridized carbons (Fsp3) is 0.571. The normalized spacial score (nSPS) is 25.8. The average Bonchev–Trinajstić information content (AvgIpc) is 2.49. The van der Waals surface area contributed by atoms with Crippen molar-refractivity contribution < 1.29 is 5.11 Å². The molecular formula is C14H20O. The minimum atomic E-state index is -0.0408. The number of aliphatic hydroxyl groups is 1. The maximum atomic E-state index is 9.49. The summed E-state index contributed by atoms with van der Waals surface area (Å²) in [5.41, 5.74) is 4.14. The van der Waals surface area contributed by atoms with Gasteiger partial charge in [0.15, 0.2) is 0 Å². The fourth-order valence-electron chi connectivity index (χ4n) is 2.75. The van der Waals surface area contributed by atoms with Crippen LogP contribution in [0.2, 0.25) is 0 Å². The Morgan fingerprint density at radius 2 is 1.80 bits per heavy atom. The molecule has 1 nitrogen and oxygen atoms in total. The van der Waals surface area contributed by atoms with E-state index in [1.54, 1.807) is 0 Å². The number of aliphatic hydroxyl groups excluding tert-OH is 1. The molecule has 0 spiro atoms. The zero-order valence-electron chi connectivity index (χ0n) is 9.66. The largest absolute Gasteiger partial charge is 0.393 e. The van der Waals surface area contributed by atoms with Gasteiger partial charge in [-0.25, -0.2) is 0 Å². The van der Waals surface area contributed by atoms with Gasteiger partial charge in [0.2, 0.25) is 0 Å². The maximum Gasteiger partial charge on any atom is 0.0543 e. The van der Waals surface area contributed by atoms with Crippen LogP contribution in [0.5, 0.6) is 0 Å². The monoisotopic (exact) mass is 204 g/mol. The molecule has 1 aliphatic rings. The molecule has 0 radical (unpaired) electrons. The van der Waals surface area contributed by atoms with E-state index in [0.29, 0.717) is 5.92 Å². The number of hydrogen-bond donors (Lipinski definition) is 1. The van der Waals surface area contributed by atoms with Crippen LogP contribution in [-0.4, -0.2) is 11.2 Å². The van der Waals surface area contributed by atoms with Crippen LogP contribution in [0.15, 0.2) is 18.2 Å². The van der Waals surface area contributed by atoms with E-state index in [-0.39, 0.29) is 6.10 Å². The van der Waals surface area contributed by atoms with Crippen LogP contribution in [0.4, 0.5) is 0 Å². The van der Waals surface area contributed by atoms with Crippen LogP contribution in [0.1, 0.15) is 36.0 Å². The Labute approximate surface area is 92.1 Å². The van der Waals surface area contributed by atoms with Crippen molar-refractivity contribution in [1.29, 1.82) is 0 Å². The number of benzene rings is 1. The summed E-state index contributed by atoms with van der Waals surface area (Å²) < 4.78 is 0. The van der Waals surface area contributed by atoms with Gasteiger partial charge in [-0.1, -0.05) is 29.3 Å². The van der Waals surface area contributed by atoms with Crippen molar-refractivity contribution in [2.24, 2.45) is 5.92 Å². The molecule has 1 fully saturated rings. The van der Waals surface area contributed by atoms with Crippen LogP contribution in [-0.2, 0) is 6.42 Å². The Hall–Kier alpha value is -0.820. The van der Waals surface area contributed by atoms with Crippen molar-refractivity contribution in [1.82, 2.24) is 0 Å². The summed E-state index contributed by atoms with van der Waals surface area (Å²) in [5, 5.41) is 9.49. The lowest BCUT2D eigenvalue weighted by atomic mass is 9.95. The van der Waals surface area contributed by atoms with Gasteiger partial charge in [0.05, 0.1) is 6.10 Å². The molecule has 1 aliphatic carbocycles. The smallest absolute Gasteiger partial charge is 0.0543 e. The Kier molecular flexibility index (Phi) is 3.11. The van der Waals surface area contributed by atoms with Gasteiger partial charge in [0.1, 0.15) is 0 Å². The van der Waals surface area contributed by atoms with Gasteiger partial charge in [0, 0.05) is 0 Å². The van der Waals surface area contributed by atoms with E-state index in [4.69, 9.17) is 0 Å². The molecule has 0 amide bonds. The van der Waals surface area contributed by atoms with Gasteiger partial charge >= 0.3 is 0 Å². The summed E-state index contributed by atoms with van der Waals surface area (Å²) in [6, 6.07) is 6.77. The molecule has 2 atom stereocenters. The highest BCUT2D eigenvalue weighted by Gasteiger charge is 2.22. The van der Waals surface area contributed by atoms with E-state index >= 15 is 0 Å².